The van der Waals surface area contributed by atoms with Crippen molar-refractivity contribution >= 4 is 18.3 Å². The first-order chi connectivity index (χ1) is 19.1. The summed E-state index contributed by atoms with van der Waals surface area (Å²) in [7, 11) is 0. The summed E-state index contributed by atoms with van der Waals surface area (Å²) in [4.78, 5) is 37.5. The van der Waals surface area contributed by atoms with E-state index in [1.165, 1.54) is 77.0 Å². The van der Waals surface area contributed by atoms with Crippen LogP contribution in [0.2, 0.25) is 0 Å². The van der Waals surface area contributed by atoms with Crippen LogP contribution in [0.4, 0.5) is 0 Å². The third-order valence-corrected chi connectivity index (χ3v) is 7.09. The van der Waals surface area contributed by atoms with E-state index in [-0.39, 0.29) is 24.5 Å². The molecule has 0 N–H and O–H groups in total. The van der Waals surface area contributed by atoms with Crippen molar-refractivity contribution in [3.8, 4) is 0 Å². The highest BCUT2D eigenvalue weighted by atomic mass is 16.5. The summed E-state index contributed by atoms with van der Waals surface area (Å²) in [5.74, 6) is -0.398. The van der Waals surface area contributed by atoms with Gasteiger partial charge in [0.2, 0.25) is 6.41 Å². The summed E-state index contributed by atoms with van der Waals surface area (Å²) in [6.45, 7) is 7.93. The van der Waals surface area contributed by atoms with Crippen molar-refractivity contribution in [2.24, 2.45) is 0 Å². The van der Waals surface area contributed by atoms with Crippen LogP contribution in [-0.4, -0.2) is 49.0 Å². The van der Waals surface area contributed by atoms with E-state index in [1.54, 1.807) is 4.90 Å². The molecule has 0 saturated carbocycles. The highest BCUT2D eigenvalue weighted by Crippen LogP contribution is 2.17. The molecule has 0 fully saturated rings. The van der Waals surface area contributed by atoms with Crippen LogP contribution < -0.4 is 0 Å². The minimum Gasteiger partial charge on any atom is -0.462 e. The standard InChI is InChI=1S/C33H61NO5/c1-4-7-10-13-14-17-20-29-38-32(36)25-21-27-34(30-35)28-22-26-33(37)39-31(23-18-15-11-8-5-2)24-19-16-12-9-6-3/h17,20,30-31H,4-16,18-19,21-29H2,1-3H3/b20-17-. The molecule has 6 heteroatoms. The molecule has 39 heavy (non-hydrogen) atoms. The van der Waals surface area contributed by atoms with Crippen LogP contribution in [0.5, 0.6) is 0 Å². The SMILES string of the molecule is CCCCCC/C=C\COC(=O)CCCN(C=O)CCCC(=O)OC(CCCCCCC)CCCCCCC. The third kappa shape index (κ3) is 26.2. The van der Waals surface area contributed by atoms with Crippen LogP contribution in [0.15, 0.2) is 12.2 Å². The zero-order valence-electron chi connectivity index (χ0n) is 25.8. The van der Waals surface area contributed by atoms with Crippen LogP contribution in [-0.2, 0) is 23.9 Å². The molecule has 0 radical (unpaired) electrons. The van der Waals surface area contributed by atoms with E-state index in [9.17, 15) is 14.4 Å². The molecule has 0 unspecified atom stereocenters. The third-order valence-electron chi connectivity index (χ3n) is 7.09. The number of carbonyl (C=O) groups is 3. The van der Waals surface area contributed by atoms with Crippen molar-refractivity contribution in [1.29, 1.82) is 0 Å². The number of esters is 2. The second-order valence-corrected chi connectivity index (χ2v) is 10.9. The van der Waals surface area contributed by atoms with Gasteiger partial charge in [-0.15, -0.1) is 0 Å². The molecule has 0 atom stereocenters. The number of allylic oxidation sites excluding steroid dienone is 1. The molecular weight excluding hydrogens is 490 g/mol. The lowest BCUT2D eigenvalue weighted by Crippen LogP contribution is -2.26. The second kappa shape index (κ2) is 29.1. The predicted molar refractivity (Wildman–Crippen MR) is 162 cm³/mol. The molecule has 1 amide bonds. The van der Waals surface area contributed by atoms with E-state index in [2.05, 4.69) is 26.8 Å². The normalized spacial score (nSPS) is 11.3. The van der Waals surface area contributed by atoms with Crippen molar-refractivity contribution in [1.82, 2.24) is 4.90 Å². The molecule has 0 aliphatic heterocycles. The molecular formula is C33H61NO5. The van der Waals surface area contributed by atoms with Crippen LogP contribution in [0, 0.1) is 0 Å². The number of rotatable bonds is 29. The quantitative estimate of drug-likeness (QED) is 0.0402. The fourth-order valence-corrected chi connectivity index (χ4v) is 4.62. The van der Waals surface area contributed by atoms with Crippen molar-refractivity contribution < 1.29 is 23.9 Å². The van der Waals surface area contributed by atoms with Crippen molar-refractivity contribution in [3.63, 3.8) is 0 Å². The fourth-order valence-electron chi connectivity index (χ4n) is 4.62. The molecule has 228 valence electrons. The lowest BCUT2D eigenvalue weighted by Gasteiger charge is -2.19. The predicted octanol–water partition coefficient (Wildman–Crippen LogP) is 8.71. The van der Waals surface area contributed by atoms with Crippen molar-refractivity contribution in [3.05, 3.63) is 12.2 Å². The maximum atomic E-state index is 12.5. The molecule has 0 aliphatic carbocycles. The first-order valence-electron chi connectivity index (χ1n) is 16.3. The minimum absolute atomic E-state index is 0.0184. The highest BCUT2D eigenvalue weighted by Gasteiger charge is 2.15. The number of ether oxygens (including phenoxy) is 2. The molecule has 0 aliphatic rings. The molecule has 0 aromatic carbocycles. The van der Waals surface area contributed by atoms with Gasteiger partial charge < -0.3 is 14.4 Å². The minimum atomic E-state index is -0.240. The number of unbranched alkanes of at least 4 members (excludes halogenated alkanes) is 12. The molecule has 0 bridgehead atoms. The number of amides is 1. The zero-order valence-corrected chi connectivity index (χ0v) is 25.8. The Hall–Kier alpha value is -1.85. The molecule has 0 rings (SSSR count). The summed E-state index contributed by atoms with van der Waals surface area (Å²) in [6, 6.07) is 0. The van der Waals surface area contributed by atoms with Gasteiger partial charge in [0, 0.05) is 25.9 Å². The Bertz CT molecular complexity index is 593. The average molecular weight is 552 g/mol. The Morgan fingerprint density at radius 3 is 1.69 bits per heavy atom. The van der Waals surface area contributed by atoms with E-state index in [0.717, 1.165) is 38.5 Å². The van der Waals surface area contributed by atoms with Crippen molar-refractivity contribution in [2.75, 3.05) is 19.7 Å². The fraction of sp³-hybridized carbons (Fsp3) is 0.848. The van der Waals surface area contributed by atoms with Gasteiger partial charge in [-0.25, -0.2) is 0 Å². The van der Waals surface area contributed by atoms with Gasteiger partial charge in [-0.1, -0.05) is 104 Å². The Labute approximate surface area is 240 Å². The van der Waals surface area contributed by atoms with E-state index in [1.807, 2.05) is 6.08 Å². The van der Waals surface area contributed by atoms with Gasteiger partial charge in [0.25, 0.3) is 0 Å². The van der Waals surface area contributed by atoms with Gasteiger partial charge in [-0.3, -0.25) is 14.4 Å². The van der Waals surface area contributed by atoms with E-state index in [4.69, 9.17) is 9.47 Å². The average Bonchev–Trinajstić information content (AvgIpc) is 2.93. The molecule has 0 aromatic heterocycles. The molecule has 0 saturated heterocycles. The maximum absolute atomic E-state index is 12.5. The Kier molecular flexibility index (Phi) is 27.8. The zero-order chi connectivity index (χ0) is 28.8. The van der Waals surface area contributed by atoms with E-state index in [0.29, 0.717) is 39.0 Å². The van der Waals surface area contributed by atoms with Gasteiger partial charge in [0.1, 0.15) is 12.7 Å². The van der Waals surface area contributed by atoms with Crippen molar-refractivity contribution in [2.45, 2.75) is 162 Å². The second-order valence-electron chi connectivity index (χ2n) is 10.9. The molecule has 0 heterocycles. The number of nitrogens with zero attached hydrogens (tertiary/aromatic N) is 1. The lowest BCUT2D eigenvalue weighted by molar-refractivity contribution is -0.150. The number of hydrogen-bond donors (Lipinski definition) is 0. The summed E-state index contributed by atoms with van der Waals surface area (Å²) >= 11 is 0. The van der Waals surface area contributed by atoms with Crippen LogP contribution >= 0.6 is 0 Å². The smallest absolute Gasteiger partial charge is 0.306 e. The van der Waals surface area contributed by atoms with E-state index >= 15 is 0 Å². The maximum Gasteiger partial charge on any atom is 0.306 e. The van der Waals surface area contributed by atoms with E-state index < -0.39 is 0 Å². The summed E-state index contributed by atoms with van der Waals surface area (Å²) in [5.41, 5.74) is 0. The van der Waals surface area contributed by atoms with Crippen LogP contribution in [0.3, 0.4) is 0 Å². The Balaban J connectivity index is 4.14. The topological polar surface area (TPSA) is 72.9 Å². The number of hydrogen-bond acceptors (Lipinski definition) is 5. The Morgan fingerprint density at radius 1 is 0.641 bits per heavy atom. The lowest BCUT2D eigenvalue weighted by atomic mass is 10.0. The number of carbonyl (C=O) groups excluding carboxylic acids is 3. The highest BCUT2D eigenvalue weighted by molar-refractivity contribution is 5.70. The van der Waals surface area contributed by atoms with Gasteiger partial charge in [-0.2, -0.15) is 0 Å². The van der Waals surface area contributed by atoms with Gasteiger partial charge >= 0.3 is 11.9 Å². The molecule has 0 spiro atoms. The Morgan fingerprint density at radius 2 is 1.15 bits per heavy atom. The monoisotopic (exact) mass is 551 g/mol. The summed E-state index contributed by atoms with van der Waals surface area (Å²) in [5, 5.41) is 0. The molecule has 6 nitrogen and oxygen atoms in total. The molecule has 0 aromatic rings. The summed E-state index contributed by atoms with van der Waals surface area (Å²) < 4.78 is 11.1. The van der Waals surface area contributed by atoms with Gasteiger partial charge in [0.05, 0.1) is 0 Å². The van der Waals surface area contributed by atoms with Gasteiger partial charge in [-0.05, 0) is 51.4 Å². The van der Waals surface area contributed by atoms with Gasteiger partial charge in [0.15, 0.2) is 0 Å². The van der Waals surface area contributed by atoms with Crippen LogP contribution in [0.1, 0.15) is 156 Å². The first-order valence-corrected chi connectivity index (χ1v) is 16.3. The summed E-state index contributed by atoms with van der Waals surface area (Å²) in [6.07, 6.45) is 26.5. The first kappa shape index (κ1) is 37.1. The largest absolute Gasteiger partial charge is 0.462 e. The van der Waals surface area contributed by atoms with Crippen LogP contribution in [0.25, 0.3) is 0 Å².